The molecule has 0 radical (unpaired) electrons. The maximum atomic E-state index is 12.8. The lowest BCUT2D eigenvalue weighted by atomic mass is 9.98. The second-order valence-corrected chi connectivity index (χ2v) is 6.78. The topological polar surface area (TPSA) is 80.0 Å². The Kier molecular flexibility index (Phi) is 4.48. The van der Waals surface area contributed by atoms with E-state index in [0.717, 1.165) is 30.6 Å². The maximum absolute atomic E-state index is 12.8. The molecule has 6 nitrogen and oxygen atoms in total. The van der Waals surface area contributed by atoms with E-state index in [1.807, 2.05) is 13.0 Å². The number of nitrogens with zero attached hydrogens (tertiary/aromatic N) is 1. The highest BCUT2D eigenvalue weighted by Crippen LogP contribution is 2.40. The quantitative estimate of drug-likeness (QED) is 0.497. The van der Waals surface area contributed by atoms with Gasteiger partial charge in [0.15, 0.2) is 0 Å². The number of fused-ring (bicyclic) bond motifs is 1. The van der Waals surface area contributed by atoms with Gasteiger partial charge in [-0.2, -0.15) is 0 Å². The van der Waals surface area contributed by atoms with Crippen LogP contribution in [0, 0.1) is 0 Å². The third kappa shape index (κ3) is 2.91. The van der Waals surface area contributed by atoms with E-state index >= 15 is 0 Å². The number of amides is 1. The zero-order valence-corrected chi connectivity index (χ0v) is 15.1. The Labute approximate surface area is 157 Å². The third-order valence-corrected chi connectivity index (χ3v) is 5.07. The van der Waals surface area contributed by atoms with Crippen LogP contribution in [0.3, 0.4) is 0 Å². The molecule has 27 heavy (non-hydrogen) atoms. The molecule has 1 aromatic heterocycles. The molecular weight excluding hydrogens is 346 g/mol. The second-order valence-electron chi connectivity index (χ2n) is 6.78. The van der Waals surface area contributed by atoms with Crippen molar-refractivity contribution in [1.29, 1.82) is 0 Å². The molecule has 0 spiro atoms. The van der Waals surface area contributed by atoms with Crippen LogP contribution in [0.25, 0.3) is 5.76 Å². The summed E-state index contributed by atoms with van der Waals surface area (Å²) in [6.07, 6.45) is 3.91. The molecule has 0 saturated carbocycles. The zero-order chi connectivity index (χ0) is 19.0. The van der Waals surface area contributed by atoms with Gasteiger partial charge in [0.2, 0.25) is 0 Å². The van der Waals surface area contributed by atoms with Crippen molar-refractivity contribution < 1.29 is 23.8 Å². The van der Waals surface area contributed by atoms with Crippen LogP contribution in [0.5, 0.6) is 5.75 Å². The molecule has 2 aromatic rings. The Morgan fingerprint density at radius 2 is 2.15 bits per heavy atom. The van der Waals surface area contributed by atoms with Crippen molar-refractivity contribution in [3.05, 3.63) is 59.1 Å². The van der Waals surface area contributed by atoms with E-state index in [1.54, 1.807) is 24.3 Å². The summed E-state index contributed by atoms with van der Waals surface area (Å²) in [6, 6.07) is 8.03. The van der Waals surface area contributed by atoms with Gasteiger partial charge in [0.25, 0.3) is 11.7 Å². The van der Waals surface area contributed by atoms with Crippen LogP contribution in [0.1, 0.15) is 42.7 Å². The minimum Gasteiger partial charge on any atom is -0.507 e. The number of unbranched alkanes of at least 4 members (excludes halogenated alkanes) is 1. The molecule has 140 valence electrons. The van der Waals surface area contributed by atoms with Crippen molar-refractivity contribution in [3.63, 3.8) is 0 Å². The number of carbonyl (C=O) groups excluding carboxylic acids is 2. The molecule has 2 aliphatic rings. The molecule has 1 atom stereocenters. The number of benzene rings is 1. The summed E-state index contributed by atoms with van der Waals surface area (Å²) in [5, 5.41) is 10.9. The molecule has 1 N–H and O–H groups in total. The van der Waals surface area contributed by atoms with Gasteiger partial charge < -0.3 is 19.2 Å². The van der Waals surface area contributed by atoms with E-state index in [-0.39, 0.29) is 11.3 Å². The van der Waals surface area contributed by atoms with Crippen LogP contribution in [0.15, 0.2) is 46.6 Å². The fourth-order valence-corrected chi connectivity index (χ4v) is 3.67. The molecule has 1 saturated heterocycles. The van der Waals surface area contributed by atoms with Gasteiger partial charge in [-0.05, 0) is 42.3 Å². The van der Waals surface area contributed by atoms with Crippen molar-refractivity contribution in [3.8, 4) is 5.75 Å². The fourth-order valence-electron chi connectivity index (χ4n) is 3.67. The molecule has 1 unspecified atom stereocenters. The van der Waals surface area contributed by atoms with Crippen molar-refractivity contribution in [2.75, 3.05) is 13.2 Å². The first kappa shape index (κ1) is 17.4. The Morgan fingerprint density at radius 1 is 1.30 bits per heavy atom. The highest BCUT2D eigenvalue weighted by Gasteiger charge is 2.47. The minimum atomic E-state index is -0.712. The molecule has 2 aliphatic heterocycles. The Morgan fingerprint density at radius 3 is 2.89 bits per heavy atom. The van der Waals surface area contributed by atoms with E-state index in [1.165, 1.54) is 11.2 Å². The number of aliphatic hydroxyl groups is 1. The number of hydrogen-bond donors (Lipinski definition) is 1. The van der Waals surface area contributed by atoms with E-state index in [0.29, 0.717) is 24.5 Å². The van der Waals surface area contributed by atoms with Crippen LogP contribution >= 0.6 is 0 Å². The lowest BCUT2D eigenvalue weighted by Crippen LogP contribution is -2.30. The smallest absolute Gasteiger partial charge is 0.295 e. The second kappa shape index (κ2) is 6.95. The van der Waals surface area contributed by atoms with Crippen LogP contribution < -0.4 is 4.74 Å². The molecule has 6 heteroatoms. The van der Waals surface area contributed by atoms with Crippen molar-refractivity contribution in [2.45, 2.75) is 32.2 Å². The lowest BCUT2D eigenvalue weighted by Gasteiger charge is -2.23. The Bertz CT molecular complexity index is 913. The van der Waals surface area contributed by atoms with Crippen molar-refractivity contribution >= 4 is 17.4 Å². The monoisotopic (exact) mass is 367 g/mol. The molecule has 1 amide bonds. The zero-order valence-electron chi connectivity index (χ0n) is 15.1. The fraction of sp³-hybridized carbons (Fsp3) is 0.333. The number of ketones is 1. The summed E-state index contributed by atoms with van der Waals surface area (Å²) >= 11 is 0. The number of aliphatic hydroxyl groups excluding tert-OH is 1. The largest absolute Gasteiger partial charge is 0.507 e. The molecular formula is C21H21NO5. The van der Waals surface area contributed by atoms with Crippen LogP contribution in [0.2, 0.25) is 0 Å². The van der Waals surface area contributed by atoms with E-state index in [4.69, 9.17) is 9.15 Å². The summed E-state index contributed by atoms with van der Waals surface area (Å²) in [5.74, 6) is -0.199. The summed E-state index contributed by atoms with van der Waals surface area (Å²) in [7, 11) is 0. The van der Waals surface area contributed by atoms with Gasteiger partial charge in [-0.1, -0.05) is 13.3 Å². The van der Waals surface area contributed by atoms with Gasteiger partial charge in [-0.15, -0.1) is 0 Å². The molecule has 0 bridgehead atoms. The summed E-state index contributed by atoms with van der Waals surface area (Å²) in [5.41, 5.74) is 1.56. The summed E-state index contributed by atoms with van der Waals surface area (Å²) in [6.45, 7) is 3.06. The first-order valence-corrected chi connectivity index (χ1v) is 9.19. The Hall–Kier alpha value is -3.02. The van der Waals surface area contributed by atoms with Crippen LogP contribution in [-0.2, 0) is 16.0 Å². The minimum absolute atomic E-state index is 0.0740. The number of furan rings is 1. The molecule has 0 aliphatic carbocycles. The van der Waals surface area contributed by atoms with E-state index in [9.17, 15) is 14.7 Å². The standard InChI is InChI=1S/C21H21NO5/c1-2-3-9-22-18(16-5-4-10-26-16)17(20(24)21(22)25)19(23)14-6-7-15-13(12-14)8-11-27-15/h4-7,10,12,18,23H,2-3,8-9,11H2,1H3/b19-17-. The van der Waals surface area contributed by atoms with Crippen LogP contribution in [-0.4, -0.2) is 34.8 Å². The van der Waals surface area contributed by atoms with Gasteiger partial charge in [0.05, 0.1) is 18.4 Å². The predicted molar refractivity (Wildman–Crippen MR) is 98.3 cm³/mol. The SMILES string of the molecule is CCCCN1C(=O)C(=O)/C(=C(\O)c2ccc3c(c2)CCO3)C1c1ccco1. The molecule has 1 aromatic carbocycles. The lowest BCUT2D eigenvalue weighted by molar-refractivity contribution is -0.140. The normalized spacial score (nSPS) is 20.8. The van der Waals surface area contributed by atoms with Gasteiger partial charge in [-0.25, -0.2) is 0 Å². The molecule has 4 rings (SSSR count). The van der Waals surface area contributed by atoms with Crippen molar-refractivity contribution in [1.82, 2.24) is 4.90 Å². The molecule has 3 heterocycles. The predicted octanol–water partition coefficient (Wildman–Crippen LogP) is 3.44. The van der Waals surface area contributed by atoms with E-state index < -0.39 is 17.7 Å². The van der Waals surface area contributed by atoms with Gasteiger partial charge in [0.1, 0.15) is 23.3 Å². The van der Waals surface area contributed by atoms with E-state index in [2.05, 4.69) is 0 Å². The Balaban J connectivity index is 1.81. The first-order valence-electron chi connectivity index (χ1n) is 9.19. The van der Waals surface area contributed by atoms with Gasteiger partial charge >= 0.3 is 0 Å². The van der Waals surface area contributed by atoms with Gasteiger partial charge in [0, 0.05) is 18.5 Å². The summed E-state index contributed by atoms with van der Waals surface area (Å²) < 4.78 is 11.0. The van der Waals surface area contributed by atoms with Crippen LogP contribution in [0.4, 0.5) is 0 Å². The number of carbonyl (C=O) groups is 2. The number of Topliss-reactive ketones (excluding diaryl/α,β-unsaturated/α-hetero) is 1. The number of ether oxygens (including phenoxy) is 1. The highest BCUT2D eigenvalue weighted by molar-refractivity contribution is 6.46. The van der Waals surface area contributed by atoms with Crippen molar-refractivity contribution in [2.24, 2.45) is 0 Å². The molecule has 1 fully saturated rings. The average molecular weight is 367 g/mol. The number of likely N-dealkylation sites (tertiary alicyclic amines) is 1. The number of hydrogen-bond acceptors (Lipinski definition) is 5. The average Bonchev–Trinajstić information content (AvgIpc) is 3.40. The highest BCUT2D eigenvalue weighted by atomic mass is 16.5. The van der Waals surface area contributed by atoms with Gasteiger partial charge in [-0.3, -0.25) is 9.59 Å². The summed E-state index contributed by atoms with van der Waals surface area (Å²) in [4.78, 5) is 26.9. The first-order chi connectivity index (χ1) is 13.1. The third-order valence-electron chi connectivity index (χ3n) is 5.07. The number of rotatable bonds is 5. The maximum Gasteiger partial charge on any atom is 0.295 e.